The van der Waals surface area contributed by atoms with Gasteiger partial charge in [-0.2, -0.15) is 0 Å². The van der Waals surface area contributed by atoms with Crippen LogP contribution in [0.5, 0.6) is 0 Å². The second-order valence-electron chi connectivity index (χ2n) is 3.86. The summed E-state index contributed by atoms with van der Waals surface area (Å²) in [5, 5.41) is 0. The first-order valence-corrected chi connectivity index (χ1v) is 4.72. The summed E-state index contributed by atoms with van der Waals surface area (Å²) in [7, 11) is 0. The molecule has 0 aliphatic carbocycles. The first-order chi connectivity index (χ1) is 6.11. The number of aryl methyl sites for hydroxylation is 1. The van der Waals surface area contributed by atoms with E-state index in [9.17, 15) is 0 Å². The maximum absolute atomic E-state index is 4.47. The molecular weight excluding hydrogens is 158 g/mol. The van der Waals surface area contributed by atoms with Gasteiger partial charge in [0.1, 0.15) is 0 Å². The summed E-state index contributed by atoms with van der Waals surface area (Å²) in [5.41, 5.74) is 3.42. The molecule has 70 valence electrons. The third kappa shape index (κ3) is 3.02. The molecule has 0 saturated carbocycles. The van der Waals surface area contributed by atoms with Gasteiger partial charge in [0, 0.05) is 5.69 Å². The van der Waals surface area contributed by atoms with E-state index in [0.29, 0.717) is 5.92 Å². The normalized spacial score (nSPS) is 10.5. The predicted octanol–water partition coefficient (Wildman–Crippen LogP) is 3.23. The van der Waals surface area contributed by atoms with Gasteiger partial charge in [-0.25, -0.2) is 0 Å². The van der Waals surface area contributed by atoms with Crippen molar-refractivity contribution in [1.29, 1.82) is 0 Å². The van der Waals surface area contributed by atoms with Gasteiger partial charge in [0.05, 0.1) is 5.69 Å². The van der Waals surface area contributed by atoms with Crippen molar-refractivity contribution >= 4 is 6.08 Å². The molecule has 0 atom stereocenters. The third-order valence-electron chi connectivity index (χ3n) is 1.87. The Morgan fingerprint density at radius 1 is 1.46 bits per heavy atom. The first kappa shape index (κ1) is 9.97. The number of nitrogens with zero attached hydrogens (tertiary/aromatic N) is 1. The van der Waals surface area contributed by atoms with Crippen molar-refractivity contribution in [2.75, 3.05) is 0 Å². The fourth-order valence-electron chi connectivity index (χ4n) is 1.40. The molecule has 1 heteroatoms. The minimum atomic E-state index is 0.659. The summed E-state index contributed by atoms with van der Waals surface area (Å²) in [6, 6.07) is 4.20. The van der Waals surface area contributed by atoms with Gasteiger partial charge in [0.15, 0.2) is 0 Å². The topological polar surface area (TPSA) is 12.9 Å². The molecule has 1 aromatic heterocycles. The van der Waals surface area contributed by atoms with Gasteiger partial charge in [0.25, 0.3) is 0 Å². The molecule has 13 heavy (non-hydrogen) atoms. The van der Waals surface area contributed by atoms with Crippen LogP contribution in [0, 0.1) is 12.8 Å². The zero-order chi connectivity index (χ0) is 9.84. The van der Waals surface area contributed by atoms with Gasteiger partial charge in [0.2, 0.25) is 0 Å². The van der Waals surface area contributed by atoms with E-state index in [4.69, 9.17) is 0 Å². The lowest BCUT2D eigenvalue weighted by molar-refractivity contribution is 0.634. The Balaban J connectivity index is 2.94. The average Bonchev–Trinajstić information content (AvgIpc) is 2.01. The summed E-state index contributed by atoms with van der Waals surface area (Å²) in [5.74, 6) is 0.659. The third-order valence-corrected chi connectivity index (χ3v) is 1.87. The number of rotatable bonds is 3. The van der Waals surface area contributed by atoms with Crippen molar-refractivity contribution in [2.24, 2.45) is 5.92 Å². The van der Waals surface area contributed by atoms with Gasteiger partial charge in [-0.05, 0) is 43.0 Å². The highest BCUT2D eigenvalue weighted by Gasteiger charge is 2.00. The Labute approximate surface area is 80.5 Å². The molecule has 0 amide bonds. The van der Waals surface area contributed by atoms with Crippen molar-refractivity contribution in [2.45, 2.75) is 27.2 Å². The fourth-order valence-corrected chi connectivity index (χ4v) is 1.40. The molecule has 0 bridgehead atoms. The molecule has 0 aliphatic heterocycles. The van der Waals surface area contributed by atoms with Gasteiger partial charge in [-0.15, -0.1) is 0 Å². The highest BCUT2D eigenvalue weighted by atomic mass is 14.7. The van der Waals surface area contributed by atoms with Crippen LogP contribution in [0.3, 0.4) is 0 Å². The number of hydrogen-bond donors (Lipinski definition) is 0. The molecule has 0 fully saturated rings. The van der Waals surface area contributed by atoms with E-state index in [1.165, 1.54) is 11.3 Å². The lowest BCUT2D eigenvalue weighted by atomic mass is 10.1. The van der Waals surface area contributed by atoms with Crippen LogP contribution in [0.15, 0.2) is 18.7 Å². The zero-order valence-corrected chi connectivity index (χ0v) is 8.67. The molecule has 1 nitrogen and oxygen atoms in total. The summed E-state index contributed by atoms with van der Waals surface area (Å²) in [6.07, 6.45) is 2.85. The second-order valence-corrected chi connectivity index (χ2v) is 3.86. The van der Waals surface area contributed by atoms with E-state index in [0.717, 1.165) is 12.1 Å². The molecule has 0 spiro atoms. The molecule has 0 radical (unpaired) electrons. The second kappa shape index (κ2) is 4.22. The Morgan fingerprint density at radius 2 is 2.15 bits per heavy atom. The van der Waals surface area contributed by atoms with Gasteiger partial charge >= 0.3 is 0 Å². The first-order valence-electron chi connectivity index (χ1n) is 4.72. The standard InChI is InChI=1S/C12H17N/c1-5-11-7-10(4)8-12(13-11)6-9(2)3/h5,7-9H,1,6H2,2-4H3. The summed E-state index contributed by atoms with van der Waals surface area (Å²) < 4.78 is 0. The van der Waals surface area contributed by atoms with Crippen molar-refractivity contribution in [3.8, 4) is 0 Å². The molecular formula is C12H17N. The Hall–Kier alpha value is -1.11. The highest BCUT2D eigenvalue weighted by molar-refractivity contribution is 5.43. The SMILES string of the molecule is C=Cc1cc(C)cc(CC(C)C)n1. The predicted molar refractivity (Wildman–Crippen MR) is 57.6 cm³/mol. The van der Waals surface area contributed by atoms with E-state index in [1.807, 2.05) is 0 Å². The number of pyridine rings is 1. The maximum Gasteiger partial charge on any atom is 0.0629 e. The smallest absolute Gasteiger partial charge is 0.0629 e. The summed E-state index contributed by atoms with van der Waals surface area (Å²) >= 11 is 0. The van der Waals surface area contributed by atoms with Crippen LogP contribution in [0.1, 0.15) is 30.8 Å². The van der Waals surface area contributed by atoms with Crippen LogP contribution in [-0.4, -0.2) is 4.98 Å². The average molecular weight is 175 g/mol. The lowest BCUT2D eigenvalue weighted by Crippen LogP contribution is -1.99. The van der Waals surface area contributed by atoms with E-state index < -0.39 is 0 Å². The van der Waals surface area contributed by atoms with Crippen LogP contribution >= 0.6 is 0 Å². The molecule has 1 heterocycles. The monoisotopic (exact) mass is 175 g/mol. The fraction of sp³-hybridized carbons (Fsp3) is 0.417. The number of aromatic nitrogens is 1. The van der Waals surface area contributed by atoms with Crippen LogP contribution in [0.25, 0.3) is 6.08 Å². The van der Waals surface area contributed by atoms with Crippen LogP contribution in [0.2, 0.25) is 0 Å². The van der Waals surface area contributed by atoms with Crippen molar-refractivity contribution in [3.05, 3.63) is 35.7 Å². The van der Waals surface area contributed by atoms with Gasteiger partial charge in [-0.3, -0.25) is 4.98 Å². The van der Waals surface area contributed by atoms with E-state index in [1.54, 1.807) is 6.08 Å². The Morgan fingerprint density at radius 3 is 2.69 bits per heavy atom. The van der Waals surface area contributed by atoms with Gasteiger partial charge in [-0.1, -0.05) is 20.4 Å². The quantitative estimate of drug-likeness (QED) is 0.687. The molecule has 1 aromatic rings. The van der Waals surface area contributed by atoms with Crippen molar-refractivity contribution < 1.29 is 0 Å². The van der Waals surface area contributed by atoms with E-state index >= 15 is 0 Å². The molecule has 0 unspecified atom stereocenters. The largest absolute Gasteiger partial charge is 0.253 e. The summed E-state index contributed by atoms with van der Waals surface area (Å²) in [4.78, 5) is 4.47. The minimum absolute atomic E-state index is 0.659. The highest BCUT2D eigenvalue weighted by Crippen LogP contribution is 2.10. The molecule has 1 rings (SSSR count). The van der Waals surface area contributed by atoms with Crippen LogP contribution in [0.4, 0.5) is 0 Å². The molecule has 0 aromatic carbocycles. The van der Waals surface area contributed by atoms with Crippen LogP contribution in [-0.2, 0) is 6.42 Å². The van der Waals surface area contributed by atoms with Crippen LogP contribution < -0.4 is 0 Å². The maximum atomic E-state index is 4.47. The molecule has 0 saturated heterocycles. The molecule has 0 aliphatic rings. The summed E-state index contributed by atoms with van der Waals surface area (Å²) in [6.45, 7) is 10.2. The Kier molecular flexibility index (Phi) is 3.24. The lowest BCUT2D eigenvalue weighted by Gasteiger charge is -2.06. The van der Waals surface area contributed by atoms with E-state index in [-0.39, 0.29) is 0 Å². The molecule has 0 N–H and O–H groups in total. The Bertz CT molecular complexity index is 300. The van der Waals surface area contributed by atoms with E-state index in [2.05, 4.69) is 44.5 Å². The van der Waals surface area contributed by atoms with Crippen molar-refractivity contribution in [3.63, 3.8) is 0 Å². The zero-order valence-electron chi connectivity index (χ0n) is 8.67. The minimum Gasteiger partial charge on any atom is -0.253 e. The van der Waals surface area contributed by atoms with Gasteiger partial charge < -0.3 is 0 Å². The van der Waals surface area contributed by atoms with Crippen molar-refractivity contribution in [1.82, 2.24) is 4.98 Å². The number of hydrogen-bond acceptors (Lipinski definition) is 1.